The highest BCUT2D eigenvalue weighted by Crippen LogP contribution is 2.32. The maximum absolute atomic E-state index is 5.48. The van der Waals surface area contributed by atoms with Crippen LogP contribution in [-0.2, 0) is 12.8 Å². The van der Waals surface area contributed by atoms with Gasteiger partial charge in [0.25, 0.3) is 0 Å². The zero-order valence-corrected chi connectivity index (χ0v) is 10.9. The van der Waals surface area contributed by atoms with Gasteiger partial charge in [-0.15, -0.1) is 21.5 Å². The first-order valence-electron chi connectivity index (χ1n) is 5.44. The Morgan fingerprint density at radius 3 is 3.00 bits per heavy atom. The molecule has 0 amide bonds. The van der Waals surface area contributed by atoms with Crippen LogP contribution in [0, 0.1) is 0 Å². The fraction of sp³-hybridized carbons (Fsp3) is 0.455. The number of hydrogen-bond donors (Lipinski definition) is 1. The Hall–Kier alpha value is -0.780. The van der Waals surface area contributed by atoms with E-state index in [1.54, 1.807) is 22.7 Å². The molecular formula is C11H15N3S2. The lowest BCUT2D eigenvalue weighted by Gasteiger charge is -1.94. The van der Waals surface area contributed by atoms with Gasteiger partial charge in [0.1, 0.15) is 5.01 Å². The van der Waals surface area contributed by atoms with Crippen LogP contribution in [0.1, 0.15) is 23.9 Å². The molecule has 0 saturated carbocycles. The number of aromatic nitrogens is 2. The molecule has 0 spiro atoms. The molecule has 2 aromatic heterocycles. The summed E-state index contributed by atoms with van der Waals surface area (Å²) in [5.74, 6) is 0. The zero-order chi connectivity index (χ0) is 11.4. The van der Waals surface area contributed by atoms with Gasteiger partial charge in [0.2, 0.25) is 0 Å². The van der Waals surface area contributed by atoms with E-state index in [-0.39, 0.29) is 0 Å². The molecule has 2 aromatic rings. The highest BCUT2D eigenvalue weighted by Gasteiger charge is 2.11. The molecule has 0 unspecified atom stereocenters. The molecule has 0 aromatic carbocycles. The van der Waals surface area contributed by atoms with E-state index in [1.165, 1.54) is 10.4 Å². The monoisotopic (exact) mass is 253 g/mol. The molecule has 0 atom stereocenters. The number of thiophene rings is 1. The van der Waals surface area contributed by atoms with E-state index in [4.69, 9.17) is 5.73 Å². The van der Waals surface area contributed by atoms with E-state index < -0.39 is 0 Å². The SMILES string of the molecule is CCc1ccsc1-c1nnc(CCCN)s1. The third-order valence-electron chi connectivity index (χ3n) is 2.38. The number of nitrogens with zero attached hydrogens (tertiary/aromatic N) is 2. The summed E-state index contributed by atoms with van der Waals surface area (Å²) in [5, 5.41) is 12.7. The van der Waals surface area contributed by atoms with Gasteiger partial charge < -0.3 is 5.73 Å². The van der Waals surface area contributed by atoms with Crippen molar-refractivity contribution in [2.24, 2.45) is 5.73 Å². The van der Waals surface area contributed by atoms with Crippen LogP contribution in [0.3, 0.4) is 0 Å². The smallest absolute Gasteiger partial charge is 0.158 e. The van der Waals surface area contributed by atoms with Gasteiger partial charge in [-0.2, -0.15) is 0 Å². The predicted molar refractivity (Wildman–Crippen MR) is 70.0 cm³/mol. The maximum atomic E-state index is 5.48. The summed E-state index contributed by atoms with van der Waals surface area (Å²) >= 11 is 3.44. The van der Waals surface area contributed by atoms with Crippen molar-refractivity contribution in [3.8, 4) is 9.88 Å². The average Bonchev–Trinajstić information content (AvgIpc) is 2.94. The number of hydrogen-bond acceptors (Lipinski definition) is 5. The summed E-state index contributed by atoms with van der Waals surface area (Å²) in [7, 11) is 0. The molecule has 0 radical (unpaired) electrons. The molecule has 0 bridgehead atoms. The summed E-state index contributed by atoms with van der Waals surface area (Å²) in [4.78, 5) is 1.28. The van der Waals surface area contributed by atoms with Crippen molar-refractivity contribution in [2.75, 3.05) is 6.54 Å². The first kappa shape index (κ1) is 11.7. The highest BCUT2D eigenvalue weighted by molar-refractivity contribution is 7.20. The van der Waals surface area contributed by atoms with Crippen LogP contribution in [0.4, 0.5) is 0 Å². The van der Waals surface area contributed by atoms with E-state index in [0.717, 1.165) is 29.3 Å². The van der Waals surface area contributed by atoms with E-state index >= 15 is 0 Å². The first-order valence-corrected chi connectivity index (χ1v) is 7.14. The fourth-order valence-electron chi connectivity index (χ4n) is 1.50. The van der Waals surface area contributed by atoms with Gasteiger partial charge in [-0.05, 0) is 36.4 Å². The van der Waals surface area contributed by atoms with E-state index in [0.29, 0.717) is 6.54 Å². The molecular weight excluding hydrogens is 238 g/mol. The molecule has 2 heterocycles. The maximum Gasteiger partial charge on any atom is 0.158 e. The first-order chi connectivity index (χ1) is 7.85. The Balaban J connectivity index is 2.18. The molecule has 0 saturated heterocycles. The lowest BCUT2D eigenvalue weighted by molar-refractivity contribution is 0.812. The van der Waals surface area contributed by atoms with Crippen LogP contribution in [-0.4, -0.2) is 16.7 Å². The van der Waals surface area contributed by atoms with Crippen LogP contribution in [0.25, 0.3) is 9.88 Å². The number of rotatable bonds is 5. The van der Waals surface area contributed by atoms with Crippen molar-refractivity contribution in [2.45, 2.75) is 26.2 Å². The topological polar surface area (TPSA) is 51.8 Å². The van der Waals surface area contributed by atoms with Gasteiger partial charge in [-0.3, -0.25) is 0 Å². The largest absolute Gasteiger partial charge is 0.330 e. The third kappa shape index (κ3) is 2.48. The van der Waals surface area contributed by atoms with Gasteiger partial charge in [0.15, 0.2) is 5.01 Å². The summed E-state index contributed by atoms with van der Waals surface area (Å²) in [6, 6.07) is 2.17. The van der Waals surface area contributed by atoms with Gasteiger partial charge in [-0.1, -0.05) is 18.3 Å². The Bertz CT molecular complexity index is 448. The minimum absolute atomic E-state index is 0.716. The zero-order valence-electron chi connectivity index (χ0n) is 9.27. The van der Waals surface area contributed by atoms with Gasteiger partial charge >= 0.3 is 0 Å². The minimum Gasteiger partial charge on any atom is -0.330 e. The summed E-state index contributed by atoms with van der Waals surface area (Å²) < 4.78 is 0. The van der Waals surface area contributed by atoms with Crippen LogP contribution in [0.2, 0.25) is 0 Å². The van der Waals surface area contributed by atoms with Gasteiger partial charge in [0.05, 0.1) is 4.88 Å². The average molecular weight is 253 g/mol. The molecule has 0 aliphatic carbocycles. The molecule has 0 aliphatic heterocycles. The normalized spacial score (nSPS) is 10.9. The van der Waals surface area contributed by atoms with E-state index in [9.17, 15) is 0 Å². The second kappa shape index (κ2) is 5.52. The van der Waals surface area contributed by atoms with Crippen molar-refractivity contribution in [3.05, 3.63) is 22.0 Å². The molecule has 2 rings (SSSR count). The predicted octanol–water partition coefficient (Wildman–Crippen LogP) is 2.72. The summed E-state index contributed by atoms with van der Waals surface area (Å²) in [6.07, 6.45) is 2.98. The van der Waals surface area contributed by atoms with Crippen molar-refractivity contribution in [1.82, 2.24) is 10.2 Å². The van der Waals surface area contributed by atoms with Crippen LogP contribution >= 0.6 is 22.7 Å². The quantitative estimate of drug-likeness (QED) is 0.891. The third-order valence-corrected chi connectivity index (χ3v) is 4.48. The lowest BCUT2D eigenvalue weighted by atomic mass is 10.2. The highest BCUT2D eigenvalue weighted by atomic mass is 32.1. The Labute approximate surface area is 103 Å². The molecule has 5 heteroatoms. The molecule has 3 nitrogen and oxygen atoms in total. The molecule has 0 aliphatic rings. The van der Waals surface area contributed by atoms with Gasteiger partial charge in [0, 0.05) is 6.42 Å². The Morgan fingerprint density at radius 1 is 1.38 bits per heavy atom. The Kier molecular flexibility index (Phi) is 4.04. The van der Waals surface area contributed by atoms with Gasteiger partial charge in [-0.25, -0.2) is 0 Å². The second-order valence-electron chi connectivity index (χ2n) is 3.52. The lowest BCUT2D eigenvalue weighted by Crippen LogP contribution is -1.99. The second-order valence-corrected chi connectivity index (χ2v) is 5.50. The number of aryl methyl sites for hydroxylation is 2. The van der Waals surface area contributed by atoms with Crippen molar-refractivity contribution < 1.29 is 0 Å². The molecule has 0 fully saturated rings. The van der Waals surface area contributed by atoms with Crippen LogP contribution < -0.4 is 5.73 Å². The van der Waals surface area contributed by atoms with Crippen molar-refractivity contribution in [1.29, 1.82) is 0 Å². The minimum atomic E-state index is 0.716. The van der Waals surface area contributed by atoms with Crippen LogP contribution in [0.5, 0.6) is 0 Å². The molecule has 2 N–H and O–H groups in total. The Morgan fingerprint density at radius 2 is 2.25 bits per heavy atom. The van der Waals surface area contributed by atoms with Crippen LogP contribution in [0.15, 0.2) is 11.4 Å². The standard InChI is InChI=1S/C11H15N3S2/c1-2-8-5-7-15-10(8)11-14-13-9(16-11)4-3-6-12/h5,7H,2-4,6,12H2,1H3. The van der Waals surface area contributed by atoms with E-state index in [2.05, 4.69) is 28.6 Å². The number of nitrogens with two attached hydrogens (primary N) is 1. The van der Waals surface area contributed by atoms with Crippen molar-refractivity contribution >= 4 is 22.7 Å². The molecule has 16 heavy (non-hydrogen) atoms. The summed E-state index contributed by atoms with van der Waals surface area (Å²) in [5.41, 5.74) is 6.85. The molecule has 86 valence electrons. The summed E-state index contributed by atoms with van der Waals surface area (Å²) in [6.45, 7) is 2.88. The van der Waals surface area contributed by atoms with E-state index in [1.807, 2.05) is 0 Å². The van der Waals surface area contributed by atoms with Crippen molar-refractivity contribution in [3.63, 3.8) is 0 Å². The fourth-order valence-corrected chi connectivity index (χ4v) is 3.50.